The highest BCUT2D eigenvalue weighted by atomic mass is 19.1. The van der Waals surface area contributed by atoms with Crippen molar-refractivity contribution in [3.05, 3.63) is 34.9 Å². The summed E-state index contributed by atoms with van der Waals surface area (Å²) in [6, 6.07) is 3.79. The molecule has 1 saturated heterocycles. The van der Waals surface area contributed by atoms with E-state index >= 15 is 0 Å². The van der Waals surface area contributed by atoms with Crippen LogP contribution >= 0.6 is 0 Å². The first-order valence-electron chi connectivity index (χ1n) is 11.6. The molecular weight excluding hydrogens is 430 g/mol. The average molecular weight is 459 g/mol. The second-order valence-corrected chi connectivity index (χ2v) is 10.3. The predicted octanol–water partition coefficient (Wildman–Crippen LogP) is 1.83. The summed E-state index contributed by atoms with van der Waals surface area (Å²) in [5.74, 6) is -0.969. The smallest absolute Gasteiger partial charge is 0.250 e. The van der Waals surface area contributed by atoms with Crippen LogP contribution in [0.2, 0.25) is 0 Å². The minimum atomic E-state index is -0.768. The van der Waals surface area contributed by atoms with Crippen LogP contribution in [0.4, 0.5) is 8.78 Å². The van der Waals surface area contributed by atoms with E-state index in [9.17, 15) is 18.4 Å². The van der Waals surface area contributed by atoms with Gasteiger partial charge in [0, 0.05) is 36.7 Å². The molecular formula is C24H28F2N4O3. The zero-order chi connectivity index (χ0) is 23.3. The van der Waals surface area contributed by atoms with E-state index in [1.165, 1.54) is 0 Å². The molecule has 0 spiro atoms. The number of halogens is 2. The fourth-order valence-corrected chi connectivity index (χ4v) is 6.87. The largest absolute Gasteiger partial charge is 0.369 e. The minimum Gasteiger partial charge on any atom is -0.369 e. The zero-order valence-corrected chi connectivity index (χ0v) is 18.4. The summed E-state index contributed by atoms with van der Waals surface area (Å²) in [5.41, 5.74) is 5.15. The van der Waals surface area contributed by atoms with E-state index in [4.69, 9.17) is 15.7 Å². The van der Waals surface area contributed by atoms with Crippen LogP contribution in [0.3, 0.4) is 0 Å². The molecule has 2 amide bonds. The highest BCUT2D eigenvalue weighted by molar-refractivity contribution is 5.83. The predicted molar refractivity (Wildman–Crippen MR) is 113 cm³/mol. The number of nitriles is 1. The van der Waals surface area contributed by atoms with E-state index in [2.05, 4.69) is 5.32 Å². The number of morpholine rings is 1. The lowest BCUT2D eigenvalue weighted by molar-refractivity contribution is -0.151. The molecule has 33 heavy (non-hydrogen) atoms. The summed E-state index contributed by atoms with van der Waals surface area (Å²) in [5, 5.41) is 12.1. The number of carbonyl (C=O) groups excluding carboxylic acids is 2. The maximum Gasteiger partial charge on any atom is 0.250 e. The number of nitrogens with two attached hydrogens (primary N) is 1. The molecule has 176 valence electrons. The van der Waals surface area contributed by atoms with E-state index in [1.54, 1.807) is 11.0 Å². The Kier molecular flexibility index (Phi) is 5.61. The number of benzene rings is 1. The van der Waals surface area contributed by atoms with Gasteiger partial charge in [0.1, 0.15) is 17.7 Å². The summed E-state index contributed by atoms with van der Waals surface area (Å²) in [6.45, 7) is 0.941. The number of primary amides is 1. The van der Waals surface area contributed by atoms with Gasteiger partial charge in [-0.2, -0.15) is 5.26 Å². The Balaban J connectivity index is 1.23. The molecule has 1 heterocycles. The van der Waals surface area contributed by atoms with Gasteiger partial charge in [0.25, 0.3) is 5.91 Å². The Morgan fingerprint density at radius 1 is 1.21 bits per heavy atom. The number of carbonyl (C=O) groups is 2. The molecule has 2 unspecified atom stereocenters. The fourth-order valence-electron chi connectivity index (χ4n) is 6.87. The van der Waals surface area contributed by atoms with E-state index in [0.717, 1.165) is 44.2 Å². The third-order valence-corrected chi connectivity index (χ3v) is 8.20. The molecule has 4 aliphatic carbocycles. The summed E-state index contributed by atoms with van der Waals surface area (Å²) >= 11 is 0. The van der Waals surface area contributed by atoms with Crippen LogP contribution in [0.15, 0.2) is 12.1 Å². The number of rotatable bonds is 5. The number of hydrogen-bond donors (Lipinski definition) is 2. The number of ether oxygens (including phenoxy) is 1. The molecule has 4 saturated carbocycles. The Morgan fingerprint density at radius 3 is 2.48 bits per heavy atom. The van der Waals surface area contributed by atoms with Gasteiger partial charge in [-0.1, -0.05) is 0 Å². The van der Waals surface area contributed by atoms with E-state index in [-0.39, 0.29) is 60.5 Å². The molecule has 0 radical (unpaired) electrons. The Bertz CT molecular complexity index is 986. The Morgan fingerprint density at radius 2 is 1.88 bits per heavy atom. The third kappa shape index (κ3) is 4.00. The van der Waals surface area contributed by atoms with E-state index < -0.39 is 23.2 Å². The van der Waals surface area contributed by atoms with Crippen molar-refractivity contribution in [3.8, 4) is 6.07 Å². The number of nitrogens with zero attached hydrogens (tertiary/aromatic N) is 2. The van der Waals surface area contributed by atoms with Gasteiger partial charge in [0.15, 0.2) is 0 Å². The van der Waals surface area contributed by atoms with Crippen molar-refractivity contribution in [2.24, 2.45) is 28.9 Å². The molecule has 1 aromatic carbocycles. The van der Waals surface area contributed by atoms with E-state index in [0.29, 0.717) is 12.5 Å². The molecule has 1 aromatic rings. The summed E-state index contributed by atoms with van der Waals surface area (Å²) in [6.07, 6.45) is 3.62. The fraction of sp³-hybridized carbons (Fsp3) is 0.625. The molecule has 1 aliphatic heterocycles. The number of nitrogens with one attached hydrogen (secondary N) is 1. The molecule has 5 fully saturated rings. The van der Waals surface area contributed by atoms with Crippen LogP contribution in [-0.4, -0.2) is 48.6 Å². The van der Waals surface area contributed by atoms with E-state index in [1.807, 2.05) is 0 Å². The zero-order valence-electron chi connectivity index (χ0n) is 18.4. The lowest BCUT2D eigenvalue weighted by Gasteiger charge is -2.59. The van der Waals surface area contributed by atoms with Crippen LogP contribution < -0.4 is 11.1 Å². The van der Waals surface area contributed by atoms with Gasteiger partial charge in [0.05, 0.1) is 18.2 Å². The van der Waals surface area contributed by atoms with Gasteiger partial charge < -0.3 is 15.8 Å². The van der Waals surface area contributed by atoms with Crippen molar-refractivity contribution in [2.75, 3.05) is 19.7 Å². The number of hydrogen-bond acceptors (Lipinski definition) is 5. The van der Waals surface area contributed by atoms with Gasteiger partial charge >= 0.3 is 0 Å². The lowest BCUT2D eigenvalue weighted by Crippen LogP contribution is -2.63. The maximum absolute atomic E-state index is 14.3. The summed E-state index contributed by atoms with van der Waals surface area (Å²) in [7, 11) is 0. The van der Waals surface area contributed by atoms with Gasteiger partial charge in [0.2, 0.25) is 5.91 Å². The highest BCUT2D eigenvalue weighted by Gasteiger charge is 2.58. The average Bonchev–Trinajstić information content (AvgIpc) is 2.78. The second kappa shape index (κ2) is 8.33. The van der Waals surface area contributed by atoms with Crippen LogP contribution in [0.25, 0.3) is 0 Å². The lowest BCUT2D eigenvalue weighted by atomic mass is 9.47. The molecule has 6 rings (SSSR count). The quantitative estimate of drug-likeness (QED) is 0.700. The molecule has 3 N–H and O–H groups in total. The van der Waals surface area contributed by atoms with Crippen LogP contribution in [0.1, 0.15) is 43.2 Å². The topological polar surface area (TPSA) is 108 Å². The van der Waals surface area contributed by atoms with Gasteiger partial charge in [-0.3, -0.25) is 14.5 Å². The van der Waals surface area contributed by atoms with Crippen molar-refractivity contribution in [2.45, 2.75) is 50.8 Å². The van der Waals surface area contributed by atoms with Gasteiger partial charge in [-0.25, -0.2) is 8.78 Å². The molecule has 9 heteroatoms. The van der Waals surface area contributed by atoms with Crippen molar-refractivity contribution in [1.82, 2.24) is 10.2 Å². The molecule has 0 aromatic heterocycles. The minimum absolute atomic E-state index is 0.00595. The van der Waals surface area contributed by atoms with Crippen molar-refractivity contribution >= 4 is 11.8 Å². The SMILES string of the molecule is N#Cc1cc(F)c(CN2CCO[C@@H](C(=O)NC3C4CC5CC3CC(C(N)=O)(C5)C4)C2)c(F)c1. The van der Waals surface area contributed by atoms with Crippen LogP contribution in [0, 0.1) is 46.1 Å². The van der Waals surface area contributed by atoms with Crippen molar-refractivity contribution in [3.63, 3.8) is 0 Å². The Labute approximate surface area is 191 Å². The standard InChI is InChI=1S/C24H28F2N4O3/c25-18-5-14(10-27)6-19(26)17(18)11-30-1-2-33-20(12-30)22(31)29-21-15-3-13-4-16(21)9-24(7-13,8-15)23(28)32/h5-6,13,15-16,20-21H,1-4,7-9,11-12H2,(H2,28,32)(H,29,31)/t13?,15?,16?,20-,21?,24?/m1/s1. The third-order valence-electron chi connectivity index (χ3n) is 8.20. The van der Waals surface area contributed by atoms with Crippen LogP contribution in [0.5, 0.6) is 0 Å². The normalized spacial score (nSPS) is 35.2. The number of amides is 2. The monoisotopic (exact) mass is 458 g/mol. The first-order chi connectivity index (χ1) is 15.8. The Hall–Kier alpha value is -2.57. The summed E-state index contributed by atoms with van der Waals surface area (Å²) in [4.78, 5) is 27.0. The molecule has 5 aliphatic rings. The highest BCUT2D eigenvalue weighted by Crippen LogP contribution is 2.59. The van der Waals surface area contributed by atoms with Gasteiger partial charge in [-0.15, -0.1) is 0 Å². The maximum atomic E-state index is 14.3. The first kappa shape index (κ1) is 22.2. The van der Waals surface area contributed by atoms with Crippen LogP contribution in [-0.2, 0) is 20.9 Å². The molecule has 3 atom stereocenters. The first-order valence-corrected chi connectivity index (χ1v) is 11.6. The van der Waals surface area contributed by atoms with Gasteiger partial charge in [-0.05, 0) is 62.0 Å². The molecule has 4 bridgehead atoms. The van der Waals surface area contributed by atoms with Crippen molar-refractivity contribution in [1.29, 1.82) is 5.26 Å². The summed E-state index contributed by atoms with van der Waals surface area (Å²) < 4.78 is 34.3. The second-order valence-electron chi connectivity index (χ2n) is 10.3. The molecule has 7 nitrogen and oxygen atoms in total. The van der Waals surface area contributed by atoms with Crippen molar-refractivity contribution < 1.29 is 23.1 Å².